The minimum atomic E-state index is 1.08. The Morgan fingerprint density at radius 1 is 1.06 bits per heavy atom. The monoisotopic (exact) mass is 227 g/mol. The van der Waals surface area contributed by atoms with Gasteiger partial charge in [-0.2, -0.15) is 0 Å². The zero-order valence-corrected chi connectivity index (χ0v) is 10.7. The molecule has 0 bridgehead atoms. The van der Waals surface area contributed by atoms with Gasteiger partial charge in [-0.15, -0.1) is 0 Å². The van der Waals surface area contributed by atoms with E-state index in [1.807, 2.05) is 0 Å². The van der Waals surface area contributed by atoms with E-state index < -0.39 is 0 Å². The molecule has 1 aliphatic rings. The van der Waals surface area contributed by atoms with Crippen LogP contribution in [0.25, 0.3) is 0 Å². The molecule has 0 aliphatic carbocycles. The first-order chi connectivity index (χ1) is 8.27. The summed E-state index contributed by atoms with van der Waals surface area (Å²) in [7, 11) is 0. The first kappa shape index (κ1) is 12.0. The van der Waals surface area contributed by atoms with Crippen molar-refractivity contribution in [2.45, 2.75) is 32.6 Å². The van der Waals surface area contributed by atoms with Crippen molar-refractivity contribution >= 4 is 5.69 Å². The number of hydrogen-bond acceptors (Lipinski definition) is 1. The number of hydrogen-bond donors (Lipinski definition) is 0. The minimum absolute atomic E-state index is 1.08. The van der Waals surface area contributed by atoms with Gasteiger partial charge in [-0.05, 0) is 44.4 Å². The second kappa shape index (κ2) is 5.72. The molecule has 0 amide bonds. The molecule has 90 valence electrons. The van der Waals surface area contributed by atoms with Gasteiger partial charge in [0.15, 0.2) is 0 Å². The standard InChI is InChI=1S/C16H21N/c1-14-9-11-16(12-10-14)17-13-7-5-3-4-6-8-15(17)2/h6,8-12H,2-5,7,13H2,1H3/b8-6-. The van der Waals surface area contributed by atoms with Gasteiger partial charge in [0, 0.05) is 17.9 Å². The molecule has 1 nitrogen and oxygen atoms in total. The Morgan fingerprint density at radius 2 is 1.82 bits per heavy atom. The van der Waals surface area contributed by atoms with E-state index in [4.69, 9.17) is 0 Å². The molecule has 17 heavy (non-hydrogen) atoms. The maximum atomic E-state index is 4.18. The largest absolute Gasteiger partial charge is 0.342 e. The fraction of sp³-hybridized carbons (Fsp3) is 0.375. The van der Waals surface area contributed by atoms with Gasteiger partial charge in [-0.25, -0.2) is 0 Å². The number of benzene rings is 1. The lowest BCUT2D eigenvalue weighted by molar-refractivity contribution is 0.689. The zero-order valence-electron chi connectivity index (χ0n) is 10.7. The van der Waals surface area contributed by atoms with E-state index in [9.17, 15) is 0 Å². The van der Waals surface area contributed by atoms with E-state index >= 15 is 0 Å². The molecule has 0 fully saturated rings. The Morgan fingerprint density at radius 3 is 2.59 bits per heavy atom. The summed E-state index contributed by atoms with van der Waals surface area (Å²) in [6.07, 6.45) is 9.43. The van der Waals surface area contributed by atoms with Crippen LogP contribution in [0, 0.1) is 6.92 Å². The SMILES string of the molecule is C=C1/C=C\CCCCCN1c1ccc(C)cc1. The van der Waals surface area contributed by atoms with Gasteiger partial charge in [-0.1, -0.05) is 36.8 Å². The molecule has 1 aliphatic heterocycles. The lowest BCUT2D eigenvalue weighted by atomic mass is 10.2. The summed E-state index contributed by atoms with van der Waals surface area (Å²) in [5, 5.41) is 0. The molecular weight excluding hydrogens is 206 g/mol. The molecule has 0 spiro atoms. The zero-order chi connectivity index (χ0) is 12.1. The molecule has 1 aromatic carbocycles. The van der Waals surface area contributed by atoms with Gasteiger partial charge in [0.2, 0.25) is 0 Å². The number of allylic oxidation sites excluding steroid dienone is 2. The molecule has 0 unspecified atom stereocenters. The van der Waals surface area contributed by atoms with Crippen molar-refractivity contribution in [1.82, 2.24) is 0 Å². The van der Waals surface area contributed by atoms with Crippen LogP contribution in [0.2, 0.25) is 0 Å². The highest BCUT2D eigenvalue weighted by molar-refractivity contribution is 5.54. The Hall–Kier alpha value is -1.50. The molecule has 0 atom stereocenters. The van der Waals surface area contributed by atoms with Crippen LogP contribution in [-0.2, 0) is 0 Å². The minimum Gasteiger partial charge on any atom is -0.342 e. The van der Waals surface area contributed by atoms with E-state index in [1.54, 1.807) is 0 Å². The highest BCUT2D eigenvalue weighted by atomic mass is 15.1. The summed E-state index contributed by atoms with van der Waals surface area (Å²) in [4.78, 5) is 2.32. The van der Waals surface area contributed by atoms with Crippen molar-refractivity contribution in [3.8, 4) is 0 Å². The maximum Gasteiger partial charge on any atom is 0.0410 e. The fourth-order valence-electron chi connectivity index (χ4n) is 2.18. The molecule has 1 heterocycles. The van der Waals surface area contributed by atoms with Gasteiger partial charge in [-0.3, -0.25) is 0 Å². The van der Waals surface area contributed by atoms with Crippen LogP contribution in [0.15, 0.2) is 48.7 Å². The summed E-state index contributed by atoms with van der Waals surface area (Å²) in [5.41, 5.74) is 3.67. The van der Waals surface area contributed by atoms with Crippen LogP contribution < -0.4 is 4.90 Å². The molecule has 0 saturated carbocycles. The smallest absolute Gasteiger partial charge is 0.0410 e. The third-order valence-electron chi connectivity index (χ3n) is 3.26. The number of aryl methyl sites for hydroxylation is 1. The van der Waals surface area contributed by atoms with Crippen molar-refractivity contribution in [2.24, 2.45) is 0 Å². The molecule has 0 radical (unpaired) electrons. The van der Waals surface area contributed by atoms with Gasteiger partial charge in [0.25, 0.3) is 0 Å². The van der Waals surface area contributed by atoms with Crippen molar-refractivity contribution < 1.29 is 0 Å². The number of nitrogens with zero attached hydrogens (tertiary/aromatic N) is 1. The van der Waals surface area contributed by atoms with Gasteiger partial charge in [0.05, 0.1) is 0 Å². The average molecular weight is 227 g/mol. The Kier molecular flexibility index (Phi) is 4.03. The fourth-order valence-corrected chi connectivity index (χ4v) is 2.18. The van der Waals surface area contributed by atoms with Crippen molar-refractivity contribution in [3.63, 3.8) is 0 Å². The molecule has 1 aromatic rings. The summed E-state index contributed by atoms with van der Waals surface area (Å²) < 4.78 is 0. The van der Waals surface area contributed by atoms with Crippen molar-refractivity contribution in [3.05, 3.63) is 54.3 Å². The maximum absolute atomic E-state index is 4.18. The Balaban J connectivity index is 2.20. The van der Waals surface area contributed by atoms with Crippen LogP contribution >= 0.6 is 0 Å². The highest BCUT2D eigenvalue weighted by Gasteiger charge is 2.08. The van der Waals surface area contributed by atoms with Gasteiger partial charge < -0.3 is 4.90 Å². The molecule has 2 rings (SSSR count). The Labute approximate surface area is 104 Å². The van der Waals surface area contributed by atoms with Crippen LogP contribution in [0.1, 0.15) is 31.2 Å². The number of anilines is 1. The van der Waals surface area contributed by atoms with E-state index in [-0.39, 0.29) is 0 Å². The third kappa shape index (κ3) is 3.23. The Bertz CT molecular complexity index is 400. The molecule has 0 saturated heterocycles. The summed E-state index contributed by atoms with van der Waals surface area (Å²) in [6, 6.07) is 8.70. The van der Waals surface area contributed by atoms with Crippen molar-refractivity contribution in [1.29, 1.82) is 0 Å². The number of rotatable bonds is 1. The third-order valence-corrected chi connectivity index (χ3v) is 3.26. The summed E-state index contributed by atoms with van der Waals surface area (Å²) >= 11 is 0. The first-order valence-corrected chi connectivity index (χ1v) is 6.47. The normalized spacial score (nSPS) is 19.4. The van der Waals surface area contributed by atoms with Gasteiger partial charge >= 0.3 is 0 Å². The molecule has 0 aromatic heterocycles. The van der Waals surface area contributed by atoms with Crippen LogP contribution in [0.5, 0.6) is 0 Å². The second-order valence-corrected chi connectivity index (χ2v) is 4.73. The molecule has 1 heteroatoms. The molecular formula is C16H21N. The average Bonchev–Trinajstić information content (AvgIpc) is 2.43. The highest BCUT2D eigenvalue weighted by Crippen LogP contribution is 2.22. The van der Waals surface area contributed by atoms with Gasteiger partial charge in [0.1, 0.15) is 0 Å². The van der Waals surface area contributed by atoms with Crippen LogP contribution in [0.4, 0.5) is 5.69 Å². The first-order valence-electron chi connectivity index (χ1n) is 6.47. The van der Waals surface area contributed by atoms with E-state index in [0.717, 1.165) is 12.2 Å². The predicted molar refractivity (Wildman–Crippen MR) is 75.3 cm³/mol. The quantitative estimate of drug-likeness (QED) is 0.685. The second-order valence-electron chi connectivity index (χ2n) is 4.73. The predicted octanol–water partition coefficient (Wildman–Crippen LogP) is 4.45. The topological polar surface area (TPSA) is 3.24 Å². The van der Waals surface area contributed by atoms with E-state index in [2.05, 4.69) is 54.8 Å². The van der Waals surface area contributed by atoms with E-state index in [1.165, 1.54) is 36.9 Å². The summed E-state index contributed by atoms with van der Waals surface area (Å²) in [6.45, 7) is 7.37. The van der Waals surface area contributed by atoms with Crippen LogP contribution in [-0.4, -0.2) is 6.54 Å². The van der Waals surface area contributed by atoms with Crippen molar-refractivity contribution in [2.75, 3.05) is 11.4 Å². The lowest BCUT2D eigenvalue weighted by Crippen LogP contribution is -2.21. The van der Waals surface area contributed by atoms with E-state index in [0.29, 0.717) is 0 Å². The van der Waals surface area contributed by atoms with Crippen LogP contribution in [0.3, 0.4) is 0 Å². The lowest BCUT2D eigenvalue weighted by Gasteiger charge is -2.25. The summed E-state index contributed by atoms with van der Waals surface area (Å²) in [5.74, 6) is 0. The molecule has 0 N–H and O–H groups in total.